The van der Waals surface area contributed by atoms with E-state index in [0.717, 1.165) is 5.56 Å². The van der Waals surface area contributed by atoms with Crippen molar-refractivity contribution in [1.29, 1.82) is 0 Å². The second kappa shape index (κ2) is 5.40. The number of alkyl carbamates (subject to hydrolysis) is 1. The van der Waals surface area contributed by atoms with Gasteiger partial charge >= 0.3 is 12.2 Å². The first-order valence-electron chi connectivity index (χ1n) is 6.65. The molecule has 20 heavy (non-hydrogen) atoms. The summed E-state index contributed by atoms with van der Waals surface area (Å²) in [6.07, 6.45) is -0.238. The van der Waals surface area contributed by atoms with Crippen LogP contribution in [0.5, 0.6) is 0 Å². The number of hydrogen-bond donors (Lipinski definition) is 1. The van der Waals surface area contributed by atoms with E-state index < -0.39 is 6.09 Å². The zero-order valence-corrected chi connectivity index (χ0v) is 11.0. The highest BCUT2D eigenvalue weighted by molar-refractivity contribution is 5.71. The van der Waals surface area contributed by atoms with E-state index in [0.29, 0.717) is 19.5 Å². The molecule has 2 aliphatic heterocycles. The number of carbonyl (C=O) groups excluding carboxylic acids is 2. The number of likely N-dealkylation sites (tertiary alicyclic amines) is 1. The molecule has 0 aromatic heterocycles. The molecule has 3 rings (SSSR count). The van der Waals surface area contributed by atoms with Gasteiger partial charge in [0.15, 0.2) is 0 Å². The number of ether oxygens (including phenoxy) is 2. The number of nitrogens with zero attached hydrogens (tertiary/aromatic N) is 1. The molecular weight excluding hydrogens is 260 g/mol. The number of carbonyl (C=O) groups is 2. The molecule has 0 unspecified atom stereocenters. The summed E-state index contributed by atoms with van der Waals surface area (Å²) in [5.74, 6) is 0. The zero-order chi connectivity index (χ0) is 13.9. The van der Waals surface area contributed by atoms with Crippen molar-refractivity contribution in [1.82, 2.24) is 10.2 Å². The van der Waals surface area contributed by atoms with Gasteiger partial charge in [-0.2, -0.15) is 0 Å². The first-order chi connectivity index (χ1) is 9.72. The van der Waals surface area contributed by atoms with Crippen LogP contribution in [0.4, 0.5) is 9.59 Å². The van der Waals surface area contributed by atoms with Gasteiger partial charge in [0.1, 0.15) is 12.7 Å². The van der Waals surface area contributed by atoms with Crippen molar-refractivity contribution in [2.75, 3.05) is 13.1 Å². The fourth-order valence-corrected chi connectivity index (χ4v) is 2.51. The maximum atomic E-state index is 12.0. The number of piperidine rings is 1. The van der Waals surface area contributed by atoms with Crippen molar-refractivity contribution in [2.45, 2.75) is 25.2 Å². The van der Waals surface area contributed by atoms with Crippen LogP contribution in [-0.4, -0.2) is 42.3 Å². The Bertz CT molecular complexity index is 505. The van der Waals surface area contributed by atoms with E-state index in [9.17, 15) is 9.59 Å². The van der Waals surface area contributed by atoms with Crippen LogP contribution in [0.1, 0.15) is 12.0 Å². The highest BCUT2D eigenvalue weighted by Gasteiger charge is 2.40. The highest BCUT2D eigenvalue weighted by Crippen LogP contribution is 2.20. The summed E-state index contributed by atoms with van der Waals surface area (Å²) < 4.78 is 10.4. The van der Waals surface area contributed by atoms with Gasteiger partial charge < -0.3 is 19.7 Å². The summed E-state index contributed by atoms with van der Waals surface area (Å²) >= 11 is 0. The Labute approximate surface area is 116 Å². The molecule has 1 aromatic rings. The van der Waals surface area contributed by atoms with Gasteiger partial charge in [-0.05, 0) is 5.56 Å². The van der Waals surface area contributed by atoms with E-state index in [-0.39, 0.29) is 24.8 Å². The van der Waals surface area contributed by atoms with Crippen molar-refractivity contribution < 1.29 is 19.1 Å². The summed E-state index contributed by atoms with van der Waals surface area (Å²) in [7, 11) is 0. The van der Waals surface area contributed by atoms with E-state index in [1.165, 1.54) is 0 Å². The number of rotatable bonds is 2. The average molecular weight is 276 g/mol. The summed E-state index contributed by atoms with van der Waals surface area (Å²) in [5, 5.41) is 2.70. The molecule has 0 saturated carbocycles. The molecule has 1 aromatic carbocycles. The van der Waals surface area contributed by atoms with Crippen LogP contribution in [-0.2, 0) is 16.1 Å². The minimum atomic E-state index is -0.403. The van der Waals surface area contributed by atoms with E-state index in [1.54, 1.807) is 4.90 Å². The Kier molecular flexibility index (Phi) is 3.45. The predicted molar refractivity (Wildman–Crippen MR) is 70.0 cm³/mol. The number of nitrogens with one attached hydrogen (secondary N) is 1. The minimum Gasteiger partial charge on any atom is -0.445 e. The van der Waals surface area contributed by atoms with Gasteiger partial charge in [0.2, 0.25) is 0 Å². The molecule has 6 nitrogen and oxygen atoms in total. The van der Waals surface area contributed by atoms with E-state index >= 15 is 0 Å². The largest absolute Gasteiger partial charge is 0.445 e. The van der Waals surface area contributed by atoms with E-state index in [2.05, 4.69) is 5.32 Å². The molecule has 0 spiro atoms. The zero-order valence-electron chi connectivity index (χ0n) is 11.0. The molecule has 6 heteroatoms. The van der Waals surface area contributed by atoms with Gasteiger partial charge in [0.25, 0.3) is 0 Å². The Morgan fingerprint density at radius 2 is 2.20 bits per heavy atom. The van der Waals surface area contributed by atoms with Crippen LogP contribution >= 0.6 is 0 Å². The van der Waals surface area contributed by atoms with Crippen LogP contribution in [0, 0.1) is 0 Å². The second-order valence-electron chi connectivity index (χ2n) is 4.97. The van der Waals surface area contributed by atoms with E-state index in [4.69, 9.17) is 9.47 Å². The number of hydrogen-bond acceptors (Lipinski definition) is 4. The SMILES string of the molecule is O=C1N[C@@H]2CN(C(=O)OCc3ccccc3)CC[C@@H]2O1. The van der Waals surface area contributed by atoms with Crippen molar-refractivity contribution >= 4 is 12.2 Å². The Morgan fingerprint density at radius 3 is 3.00 bits per heavy atom. The van der Waals surface area contributed by atoms with Crippen LogP contribution in [0.3, 0.4) is 0 Å². The van der Waals surface area contributed by atoms with Gasteiger partial charge in [-0.1, -0.05) is 30.3 Å². The molecule has 0 aliphatic carbocycles. The molecule has 2 saturated heterocycles. The number of amides is 2. The minimum absolute atomic E-state index is 0.124. The molecule has 106 valence electrons. The van der Waals surface area contributed by atoms with Crippen LogP contribution in [0.15, 0.2) is 30.3 Å². The summed E-state index contributed by atoms with van der Waals surface area (Å²) in [6, 6.07) is 9.41. The molecule has 0 bridgehead atoms. The molecule has 2 atom stereocenters. The predicted octanol–water partition coefficient (Wildman–Crippen LogP) is 1.51. The number of benzene rings is 1. The first kappa shape index (κ1) is 12.8. The fraction of sp³-hybridized carbons (Fsp3) is 0.429. The van der Waals surface area contributed by atoms with Gasteiger partial charge in [0, 0.05) is 19.5 Å². The average Bonchev–Trinajstić information content (AvgIpc) is 2.85. The fourth-order valence-electron chi connectivity index (χ4n) is 2.51. The normalized spacial score (nSPS) is 24.6. The van der Waals surface area contributed by atoms with Gasteiger partial charge in [-0.3, -0.25) is 0 Å². The molecule has 0 radical (unpaired) electrons. The third-order valence-electron chi connectivity index (χ3n) is 3.57. The molecule has 2 aliphatic rings. The maximum absolute atomic E-state index is 12.0. The van der Waals surface area contributed by atoms with Crippen LogP contribution in [0.25, 0.3) is 0 Å². The van der Waals surface area contributed by atoms with Crippen molar-refractivity contribution in [3.8, 4) is 0 Å². The molecule has 1 N–H and O–H groups in total. The lowest BCUT2D eigenvalue weighted by atomic mass is 10.0. The standard InChI is InChI=1S/C14H16N2O4/c17-13-15-11-8-16(7-6-12(11)20-13)14(18)19-9-10-4-2-1-3-5-10/h1-5,11-12H,6-9H2,(H,15,17)/t11-,12+/m1/s1. The quantitative estimate of drug-likeness (QED) is 0.889. The smallest absolute Gasteiger partial charge is 0.410 e. The van der Waals surface area contributed by atoms with Gasteiger partial charge in [0.05, 0.1) is 6.04 Å². The van der Waals surface area contributed by atoms with Crippen LogP contribution in [0.2, 0.25) is 0 Å². The maximum Gasteiger partial charge on any atom is 0.410 e. The Balaban J connectivity index is 1.52. The lowest BCUT2D eigenvalue weighted by Gasteiger charge is -2.32. The molecule has 2 amide bonds. The lowest BCUT2D eigenvalue weighted by molar-refractivity contribution is 0.0567. The summed E-state index contributed by atoms with van der Waals surface area (Å²) in [5.41, 5.74) is 0.952. The van der Waals surface area contributed by atoms with Crippen molar-refractivity contribution in [3.63, 3.8) is 0 Å². The Hall–Kier alpha value is -2.24. The summed E-state index contributed by atoms with van der Waals surface area (Å²) in [6.45, 7) is 1.24. The highest BCUT2D eigenvalue weighted by atomic mass is 16.6. The van der Waals surface area contributed by atoms with Crippen LogP contribution < -0.4 is 5.32 Å². The topological polar surface area (TPSA) is 67.9 Å². The van der Waals surface area contributed by atoms with Gasteiger partial charge in [-0.15, -0.1) is 0 Å². The third kappa shape index (κ3) is 2.68. The second-order valence-corrected chi connectivity index (χ2v) is 4.97. The molecular formula is C14H16N2O4. The molecule has 2 heterocycles. The van der Waals surface area contributed by atoms with Crippen molar-refractivity contribution in [2.24, 2.45) is 0 Å². The first-order valence-corrected chi connectivity index (χ1v) is 6.65. The number of fused-ring (bicyclic) bond motifs is 1. The monoisotopic (exact) mass is 276 g/mol. The Morgan fingerprint density at radius 1 is 1.40 bits per heavy atom. The summed E-state index contributed by atoms with van der Waals surface area (Å²) in [4.78, 5) is 24.7. The van der Waals surface area contributed by atoms with Crippen molar-refractivity contribution in [3.05, 3.63) is 35.9 Å². The molecule has 2 fully saturated rings. The van der Waals surface area contributed by atoms with E-state index in [1.807, 2.05) is 30.3 Å². The third-order valence-corrected chi connectivity index (χ3v) is 3.57. The van der Waals surface area contributed by atoms with Gasteiger partial charge in [-0.25, -0.2) is 9.59 Å². The lowest BCUT2D eigenvalue weighted by Crippen LogP contribution is -2.51.